The number of carbonyl (C=O) groups excluding carboxylic acids is 1. The summed E-state index contributed by atoms with van der Waals surface area (Å²) in [5.41, 5.74) is -0.0140. The van der Waals surface area contributed by atoms with Gasteiger partial charge in [-0.2, -0.15) is 13.2 Å². The van der Waals surface area contributed by atoms with E-state index in [0.717, 1.165) is 6.07 Å². The van der Waals surface area contributed by atoms with Crippen molar-refractivity contribution >= 4 is 5.97 Å². The third-order valence-corrected chi connectivity index (χ3v) is 3.82. The number of ether oxygens (including phenoxy) is 2. The van der Waals surface area contributed by atoms with E-state index >= 15 is 0 Å². The summed E-state index contributed by atoms with van der Waals surface area (Å²) in [7, 11) is 0. The first-order valence-corrected chi connectivity index (χ1v) is 7.92. The van der Waals surface area contributed by atoms with E-state index in [9.17, 15) is 22.4 Å². The highest BCUT2D eigenvalue weighted by Gasteiger charge is 2.35. The first-order chi connectivity index (χ1) is 12.1. The number of aryl methyl sites for hydroxylation is 2. The SMILES string of the molecule is CCC(=O)Oc1cccc(C)c1COc1cc(C)c(F)cc1C(F)(F)F. The van der Waals surface area contributed by atoms with E-state index in [2.05, 4.69) is 0 Å². The molecule has 2 aromatic rings. The van der Waals surface area contributed by atoms with Gasteiger partial charge in [-0.15, -0.1) is 0 Å². The zero-order chi connectivity index (χ0) is 19.5. The minimum absolute atomic E-state index is 0.0374. The number of halogens is 4. The Balaban J connectivity index is 2.35. The number of rotatable bonds is 5. The van der Waals surface area contributed by atoms with Gasteiger partial charge in [0.1, 0.15) is 29.5 Å². The second-order valence-corrected chi connectivity index (χ2v) is 5.76. The van der Waals surface area contributed by atoms with Crippen LogP contribution < -0.4 is 9.47 Å². The van der Waals surface area contributed by atoms with Gasteiger partial charge in [-0.1, -0.05) is 19.1 Å². The Bertz CT molecular complexity index is 813. The average molecular weight is 370 g/mol. The van der Waals surface area contributed by atoms with Crippen molar-refractivity contribution in [1.29, 1.82) is 0 Å². The van der Waals surface area contributed by atoms with Crippen molar-refractivity contribution in [2.24, 2.45) is 0 Å². The van der Waals surface area contributed by atoms with Crippen LogP contribution in [0.2, 0.25) is 0 Å². The van der Waals surface area contributed by atoms with E-state index in [0.29, 0.717) is 17.2 Å². The molecule has 2 rings (SSSR count). The fourth-order valence-electron chi connectivity index (χ4n) is 2.30. The Morgan fingerprint density at radius 2 is 1.77 bits per heavy atom. The molecule has 0 fully saturated rings. The van der Waals surface area contributed by atoms with Gasteiger partial charge < -0.3 is 9.47 Å². The summed E-state index contributed by atoms with van der Waals surface area (Å²) in [6, 6.07) is 6.36. The van der Waals surface area contributed by atoms with Gasteiger partial charge in [0.25, 0.3) is 0 Å². The second kappa shape index (κ2) is 7.76. The van der Waals surface area contributed by atoms with Gasteiger partial charge in [-0.05, 0) is 43.2 Å². The number of alkyl halides is 3. The van der Waals surface area contributed by atoms with Crippen LogP contribution in [0.15, 0.2) is 30.3 Å². The summed E-state index contributed by atoms with van der Waals surface area (Å²) in [5.74, 6) is -1.68. The third-order valence-electron chi connectivity index (χ3n) is 3.82. The van der Waals surface area contributed by atoms with Crippen molar-refractivity contribution < 1.29 is 31.8 Å². The first-order valence-electron chi connectivity index (χ1n) is 7.92. The summed E-state index contributed by atoms with van der Waals surface area (Å²) in [4.78, 5) is 11.5. The molecule has 2 aromatic carbocycles. The molecule has 0 heterocycles. The summed E-state index contributed by atoms with van der Waals surface area (Å²) in [6.45, 7) is 4.45. The van der Waals surface area contributed by atoms with Gasteiger partial charge >= 0.3 is 12.1 Å². The number of hydrogen-bond acceptors (Lipinski definition) is 3. The Morgan fingerprint density at radius 3 is 2.38 bits per heavy atom. The fraction of sp³-hybridized carbons (Fsp3) is 0.316. The summed E-state index contributed by atoms with van der Waals surface area (Å²) in [6.07, 6.45) is -4.60. The van der Waals surface area contributed by atoms with E-state index in [1.807, 2.05) is 0 Å². The van der Waals surface area contributed by atoms with Crippen LogP contribution in [0.1, 0.15) is 35.6 Å². The van der Waals surface area contributed by atoms with E-state index < -0.39 is 29.3 Å². The predicted octanol–water partition coefficient (Wildman–Crippen LogP) is 5.36. The lowest BCUT2D eigenvalue weighted by atomic mass is 10.1. The standard InChI is InChI=1S/C19H18F4O3/c1-4-18(24)26-16-7-5-6-11(2)13(16)10-25-17-8-12(3)15(20)9-14(17)19(21,22)23/h5-9H,4,10H2,1-3H3. The van der Waals surface area contributed by atoms with Gasteiger partial charge in [-0.25, -0.2) is 4.39 Å². The molecule has 0 aromatic heterocycles. The van der Waals surface area contributed by atoms with Gasteiger partial charge in [0.2, 0.25) is 0 Å². The van der Waals surface area contributed by atoms with Crippen LogP contribution in [0.4, 0.5) is 17.6 Å². The van der Waals surface area contributed by atoms with Crippen LogP contribution in [-0.2, 0) is 17.6 Å². The van der Waals surface area contributed by atoms with Crippen LogP contribution in [-0.4, -0.2) is 5.97 Å². The molecule has 0 saturated carbocycles. The second-order valence-electron chi connectivity index (χ2n) is 5.76. The molecule has 3 nitrogen and oxygen atoms in total. The van der Waals surface area contributed by atoms with Crippen molar-refractivity contribution in [3.05, 3.63) is 58.4 Å². The summed E-state index contributed by atoms with van der Waals surface area (Å²) in [5, 5.41) is 0. The minimum Gasteiger partial charge on any atom is -0.488 e. The van der Waals surface area contributed by atoms with Crippen molar-refractivity contribution in [2.75, 3.05) is 0 Å². The molecule has 0 aliphatic heterocycles. The molecule has 0 bridgehead atoms. The van der Waals surface area contributed by atoms with Gasteiger partial charge in [-0.3, -0.25) is 4.79 Å². The Morgan fingerprint density at radius 1 is 1.08 bits per heavy atom. The van der Waals surface area contributed by atoms with Gasteiger partial charge in [0.05, 0.1) is 0 Å². The highest BCUT2D eigenvalue weighted by Crippen LogP contribution is 2.38. The lowest BCUT2D eigenvalue weighted by Crippen LogP contribution is -2.12. The molecule has 0 amide bonds. The quantitative estimate of drug-likeness (QED) is 0.404. The number of benzene rings is 2. The molecule has 0 aliphatic carbocycles. The van der Waals surface area contributed by atoms with Crippen molar-refractivity contribution in [3.63, 3.8) is 0 Å². The van der Waals surface area contributed by atoms with Crippen molar-refractivity contribution in [3.8, 4) is 11.5 Å². The molecule has 0 saturated heterocycles. The zero-order valence-electron chi connectivity index (χ0n) is 14.5. The fourth-order valence-corrected chi connectivity index (χ4v) is 2.30. The van der Waals surface area contributed by atoms with Crippen molar-refractivity contribution in [1.82, 2.24) is 0 Å². The molecular formula is C19H18F4O3. The molecular weight excluding hydrogens is 352 g/mol. The van der Waals surface area contributed by atoms with E-state index in [1.54, 1.807) is 32.0 Å². The van der Waals surface area contributed by atoms with Gasteiger partial charge in [0, 0.05) is 12.0 Å². The van der Waals surface area contributed by atoms with Crippen molar-refractivity contribution in [2.45, 2.75) is 40.0 Å². The topological polar surface area (TPSA) is 35.5 Å². The largest absolute Gasteiger partial charge is 0.488 e. The average Bonchev–Trinajstić information content (AvgIpc) is 2.56. The molecule has 140 valence electrons. The predicted molar refractivity (Wildman–Crippen MR) is 87.6 cm³/mol. The van der Waals surface area contributed by atoms with Crippen LogP contribution in [0, 0.1) is 19.7 Å². The number of esters is 1. The van der Waals surface area contributed by atoms with Crippen LogP contribution in [0.25, 0.3) is 0 Å². The lowest BCUT2D eigenvalue weighted by Gasteiger charge is -2.17. The van der Waals surface area contributed by atoms with E-state index in [4.69, 9.17) is 9.47 Å². The molecule has 7 heteroatoms. The maximum atomic E-state index is 13.6. The first kappa shape index (κ1) is 19.8. The summed E-state index contributed by atoms with van der Waals surface area (Å²) < 4.78 is 63.5. The Labute approximate surface area is 148 Å². The highest BCUT2D eigenvalue weighted by molar-refractivity contribution is 5.72. The van der Waals surface area contributed by atoms with E-state index in [-0.39, 0.29) is 24.3 Å². The zero-order valence-corrected chi connectivity index (χ0v) is 14.5. The van der Waals surface area contributed by atoms with Gasteiger partial charge in [0.15, 0.2) is 0 Å². The Hall–Kier alpha value is -2.57. The molecule has 0 N–H and O–H groups in total. The highest BCUT2D eigenvalue weighted by atomic mass is 19.4. The molecule has 0 aliphatic rings. The summed E-state index contributed by atoms with van der Waals surface area (Å²) >= 11 is 0. The normalized spacial score (nSPS) is 11.3. The van der Waals surface area contributed by atoms with E-state index in [1.165, 1.54) is 6.92 Å². The monoisotopic (exact) mass is 370 g/mol. The lowest BCUT2D eigenvalue weighted by molar-refractivity contribution is -0.139. The van der Waals surface area contributed by atoms with Crippen LogP contribution >= 0.6 is 0 Å². The maximum Gasteiger partial charge on any atom is 0.420 e. The smallest absolute Gasteiger partial charge is 0.420 e. The molecule has 0 spiro atoms. The van der Waals surface area contributed by atoms with Crippen LogP contribution in [0.3, 0.4) is 0 Å². The number of hydrogen-bond donors (Lipinski definition) is 0. The maximum absolute atomic E-state index is 13.6. The van der Waals surface area contributed by atoms with Crippen LogP contribution in [0.5, 0.6) is 11.5 Å². The molecule has 0 radical (unpaired) electrons. The molecule has 0 unspecified atom stereocenters. The number of carbonyl (C=O) groups is 1. The Kier molecular flexibility index (Phi) is 5.90. The third kappa shape index (κ3) is 4.53. The minimum atomic E-state index is -4.76. The molecule has 26 heavy (non-hydrogen) atoms. The molecule has 0 atom stereocenters.